The summed E-state index contributed by atoms with van der Waals surface area (Å²) in [6.45, 7) is 4.18. The SMILES string of the molecule is CC(C)(C)OC(=O)NCCC(=O)c1cccc(S(=O)(=O)CC2(F)C(F)(F)C(F)(F)C(F)(F)C(F)(F)C2(F)F)c1. The van der Waals surface area contributed by atoms with Gasteiger partial charge in [-0.1, -0.05) is 12.1 Å². The molecule has 0 unspecified atom stereocenters. The van der Waals surface area contributed by atoms with Crippen LogP contribution in [-0.2, 0) is 14.6 Å². The first-order valence-electron chi connectivity index (χ1n) is 10.6. The van der Waals surface area contributed by atoms with Crippen LogP contribution in [0.4, 0.5) is 53.1 Å². The van der Waals surface area contributed by atoms with Crippen LogP contribution in [0.2, 0.25) is 0 Å². The molecule has 6 nitrogen and oxygen atoms in total. The smallest absolute Gasteiger partial charge is 0.407 e. The summed E-state index contributed by atoms with van der Waals surface area (Å²) >= 11 is 0. The van der Waals surface area contributed by atoms with Crippen molar-refractivity contribution in [2.75, 3.05) is 12.3 Å². The Morgan fingerprint density at radius 1 is 0.821 bits per heavy atom. The Morgan fingerprint density at radius 3 is 1.74 bits per heavy atom. The third-order valence-corrected chi connectivity index (χ3v) is 7.25. The van der Waals surface area contributed by atoms with E-state index in [1.54, 1.807) is 0 Å². The number of ether oxygens (including phenoxy) is 1. The largest absolute Gasteiger partial charge is 0.444 e. The second-order valence-electron chi connectivity index (χ2n) is 9.56. The summed E-state index contributed by atoms with van der Waals surface area (Å²) in [6.07, 6.45) is -1.51. The number of benzene rings is 1. The molecule has 1 aliphatic rings. The minimum atomic E-state index is -7.48. The van der Waals surface area contributed by atoms with Gasteiger partial charge in [-0.2, -0.15) is 43.9 Å². The van der Waals surface area contributed by atoms with Gasteiger partial charge in [0.05, 0.1) is 4.90 Å². The highest BCUT2D eigenvalue weighted by Gasteiger charge is 3.01. The van der Waals surface area contributed by atoms with Crippen LogP contribution in [0.1, 0.15) is 37.6 Å². The second kappa shape index (κ2) is 9.47. The summed E-state index contributed by atoms with van der Waals surface area (Å²) in [7, 11) is -6.00. The number of alkyl carbamates (subject to hydrolysis) is 1. The van der Waals surface area contributed by atoms with Gasteiger partial charge in [0, 0.05) is 18.5 Å². The second-order valence-corrected chi connectivity index (χ2v) is 11.6. The first-order valence-corrected chi connectivity index (χ1v) is 12.3. The van der Waals surface area contributed by atoms with Gasteiger partial charge in [0.25, 0.3) is 5.67 Å². The Kier molecular flexibility index (Phi) is 7.90. The Morgan fingerprint density at radius 2 is 1.28 bits per heavy atom. The van der Waals surface area contributed by atoms with E-state index in [-0.39, 0.29) is 0 Å². The van der Waals surface area contributed by atoms with Crippen molar-refractivity contribution in [2.24, 2.45) is 0 Å². The molecule has 18 heteroatoms. The Labute approximate surface area is 213 Å². The fourth-order valence-corrected chi connectivity index (χ4v) is 5.06. The molecule has 0 bridgehead atoms. The van der Waals surface area contributed by atoms with Crippen molar-refractivity contribution in [3.8, 4) is 0 Å². The first-order chi connectivity index (χ1) is 17.2. The third kappa shape index (κ3) is 5.03. The van der Waals surface area contributed by atoms with Crippen molar-refractivity contribution in [3.63, 3.8) is 0 Å². The van der Waals surface area contributed by atoms with Crippen LogP contribution in [0.15, 0.2) is 29.2 Å². The monoisotopic (exact) mass is 607 g/mol. The third-order valence-electron chi connectivity index (χ3n) is 5.50. The van der Waals surface area contributed by atoms with Gasteiger partial charge in [0.15, 0.2) is 15.6 Å². The number of rotatable bonds is 7. The quantitative estimate of drug-likeness (QED) is 0.329. The number of hydrogen-bond donors (Lipinski definition) is 1. The number of ketones is 1. The molecule has 1 N–H and O–H groups in total. The number of amides is 1. The van der Waals surface area contributed by atoms with Gasteiger partial charge in [-0.25, -0.2) is 17.6 Å². The Bertz CT molecular complexity index is 1210. The molecule has 1 saturated carbocycles. The van der Waals surface area contributed by atoms with E-state index >= 15 is 0 Å². The van der Waals surface area contributed by atoms with Gasteiger partial charge < -0.3 is 10.1 Å². The summed E-state index contributed by atoms with van der Waals surface area (Å²) in [5, 5.41) is 2.16. The van der Waals surface area contributed by atoms with Crippen molar-refractivity contribution < 1.29 is 71.0 Å². The summed E-state index contributed by atoms with van der Waals surface area (Å²) in [5.74, 6) is -41.5. The normalized spacial score (nSPS) is 22.5. The maximum atomic E-state index is 15.0. The van der Waals surface area contributed by atoms with E-state index in [0.29, 0.717) is 18.2 Å². The van der Waals surface area contributed by atoms with E-state index < -0.39 is 91.8 Å². The van der Waals surface area contributed by atoms with Crippen molar-refractivity contribution in [1.29, 1.82) is 0 Å². The fraction of sp³-hybridized carbons (Fsp3) is 0.619. The number of hydrogen-bond acceptors (Lipinski definition) is 5. The lowest BCUT2D eigenvalue weighted by atomic mass is 9.73. The number of nitrogens with one attached hydrogen (secondary N) is 1. The summed E-state index contributed by atoms with van der Waals surface area (Å²) in [6, 6.07) is 2.31. The van der Waals surface area contributed by atoms with Crippen molar-refractivity contribution in [3.05, 3.63) is 29.8 Å². The average molecular weight is 607 g/mol. The Hall–Kier alpha value is -2.66. The maximum absolute atomic E-state index is 15.0. The van der Waals surface area contributed by atoms with Gasteiger partial charge in [0.2, 0.25) is 0 Å². The molecule has 1 fully saturated rings. The van der Waals surface area contributed by atoms with Crippen molar-refractivity contribution in [2.45, 2.75) is 73.0 Å². The van der Waals surface area contributed by atoms with Crippen molar-refractivity contribution >= 4 is 21.7 Å². The molecule has 1 aromatic rings. The zero-order chi connectivity index (χ0) is 30.7. The molecule has 0 spiro atoms. The summed E-state index contributed by atoms with van der Waals surface area (Å²) in [5.41, 5.74) is -8.23. The van der Waals surface area contributed by atoms with Crippen LogP contribution in [-0.4, -0.2) is 73.5 Å². The molecular weight excluding hydrogens is 587 g/mol. The van der Waals surface area contributed by atoms with E-state index in [1.807, 2.05) is 0 Å². The van der Waals surface area contributed by atoms with E-state index in [4.69, 9.17) is 4.74 Å². The molecule has 1 aliphatic carbocycles. The minimum absolute atomic E-state index is 0.304. The van der Waals surface area contributed by atoms with E-state index in [0.717, 1.165) is 6.07 Å². The molecule has 0 heterocycles. The molecule has 0 atom stereocenters. The summed E-state index contributed by atoms with van der Waals surface area (Å²) in [4.78, 5) is 22.5. The zero-order valence-corrected chi connectivity index (χ0v) is 20.9. The predicted octanol–water partition coefficient (Wildman–Crippen LogP) is 5.46. The van der Waals surface area contributed by atoms with Gasteiger partial charge in [0.1, 0.15) is 11.4 Å². The summed E-state index contributed by atoms with van der Waals surface area (Å²) < 4.78 is 183. The molecule has 0 aromatic heterocycles. The first kappa shape index (κ1) is 32.6. The number of carbonyl (C=O) groups excluding carboxylic acids is 2. The topological polar surface area (TPSA) is 89.5 Å². The highest BCUT2D eigenvalue weighted by molar-refractivity contribution is 7.91. The van der Waals surface area contributed by atoms with Crippen LogP contribution >= 0.6 is 0 Å². The molecule has 1 aromatic carbocycles. The zero-order valence-electron chi connectivity index (χ0n) is 20.0. The molecule has 0 aliphatic heterocycles. The number of halogens is 11. The van der Waals surface area contributed by atoms with Crippen LogP contribution < -0.4 is 5.32 Å². The lowest BCUT2D eigenvalue weighted by Crippen LogP contribution is -2.84. The van der Waals surface area contributed by atoms with Crippen LogP contribution in [0.5, 0.6) is 0 Å². The maximum Gasteiger partial charge on any atom is 0.407 e. The lowest BCUT2D eigenvalue weighted by molar-refractivity contribution is -0.481. The predicted molar refractivity (Wildman–Crippen MR) is 110 cm³/mol. The minimum Gasteiger partial charge on any atom is -0.444 e. The average Bonchev–Trinajstić information content (AvgIpc) is 2.76. The van der Waals surface area contributed by atoms with Gasteiger partial charge >= 0.3 is 35.7 Å². The number of sulfone groups is 1. The molecule has 0 radical (unpaired) electrons. The van der Waals surface area contributed by atoms with E-state index in [1.165, 1.54) is 20.8 Å². The van der Waals surface area contributed by atoms with Crippen LogP contribution in [0, 0.1) is 0 Å². The number of Topliss-reactive ketones (excluding diaryl/α,β-unsaturated/α-hetero) is 1. The van der Waals surface area contributed by atoms with Gasteiger partial charge in [-0.15, -0.1) is 0 Å². The molecule has 0 saturated heterocycles. The van der Waals surface area contributed by atoms with Crippen LogP contribution in [0.25, 0.3) is 0 Å². The number of alkyl halides is 11. The van der Waals surface area contributed by atoms with Gasteiger partial charge in [-0.3, -0.25) is 4.79 Å². The molecule has 2 rings (SSSR count). The van der Waals surface area contributed by atoms with Gasteiger partial charge in [-0.05, 0) is 32.9 Å². The lowest BCUT2D eigenvalue weighted by Gasteiger charge is -2.52. The van der Waals surface area contributed by atoms with E-state index in [9.17, 15) is 66.3 Å². The molecule has 222 valence electrons. The number of carbonyl (C=O) groups is 2. The fourth-order valence-electron chi connectivity index (χ4n) is 3.41. The highest BCUT2D eigenvalue weighted by Crippen LogP contribution is 2.69. The molecule has 1 amide bonds. The van der Waals surface area contributed by atoms with Crippen LogP contribution in [0.3, 0.4) is 0 Å². The van der Waals surface area contributed by atoms with Crippen molar-refractivity contribution in [1.82, 2.24) is 5.32 Å². The van der Waals surface area contributed by atoms with E-state index in [2.05, 4.69) is 5.32 Å². The molecular formula is C21H20F11NO5S. The standard InChI is InChI=1S/C21H20F11NO5S/c1-15(2,3)38-14(35)33-8-7-13(34)11-5-4-6-12(9-11)39(36,37)10-16(22)17(23,24)19(27,28)21(31,32)20(29,30)18(16,25)26/h4-6,9H,7-8,10H2,1-3H3,(H,33,35). The molecule has 39 heavy (non-hydrogen) atoms. The Balaban J connectivity index is 2.39. The highest BCUT2D eigenvalue weighted by atomic mass is 32.2.